The Hall–Kier alpha value is -0.965. The SMILES string of the molecule is CC(O)c1ccc(C[B-](F)(F)F)cc1. The minimum atomic E-state index is -4.77. The first kappa shape index (κ1) is 11.1. The van der Waals surface area contributed by atoms with Crippen molar-refractivity contribution in [2.75, 3.05) is 0 Å². The highest BCUT2D eigenvalue weighted by atomic mass is 19.4. The number of hydrogen-bond donors (Lipinski definition) is 1. The van der Waals surface area contributed by atoms with E-state index in [1.807, 2.05) is 0 Å². The van der Waals surface area contributed by atoms with E-state index in [4.69, 9.17) is 5.11 Å². The minimum absolute atomic E-state index is 0.238. The Labute approximate surface area is 80.6 Å². The summed E-state index contributed by atoms with van der Waals surface area (Å²) >= 11 is 0. The fraction of sp³-hybridized carbons (Fsp3) is 0.333. The number of hydrogen-bond acceptors (Lipinski definition) is 1. The summed E-state index contributed by atoms with van der Waals surface area (Å²) in [6.07, 6.45) is -1.50. The maximum atomic E-state index is 12.0. The van der Waals surface area contributed by atoms with Gasteiger partial charge < -0.3 is 18.1 Å². The van der Waals surface area contributed by atoms with Crippen LogP contribution in [0.5, 0.6) is 0 Å². The highest BCUT2D eigenvalue weighted by Gasteiger charge is 2.22. The molecule has 1 rings (SSSR count). The summed E-state index contributed by atoms with van der Waals surface area (Å²) < 4.78 is 36.0. The molecular formula is C9H11BF3O-. The zero-order valence-corrected chi connectivity index (χ0v) is 7.75. The second kappa shape index (κ2) is 4.04. The Morgan fingerprint density at radius 2 is 1.71 bits per heavy atom. The van der Waals surface area contributed by atoms with Crippen molar-refractivity contribution < 1.29 is 18.1 Å². The largest absolute Gasteiger partial charge is 0.482 e. The highest BCUT2D eigenvalue weighted by Crippen LogP contribution is 2.18. The van der Waals surface area contributed by atoms with E-state index < -0.39 is 19.4 Å². The summed E-state index contributed by atoms with van der Waals surface area (Å²) in [5.41, 5.74) is 0.866. The first-order valence-corrected chi connectivity index (χ1v) is 4.36. The summed E-state index contributed by atoms with van der Waals surface area (Å²) in [7, 11) is 0. The molecule has 0 saturated carbocycles. The smallest absolute Gasteiger partial charge is 0.449 e. The third kappa shape index (κ3) is 3.42. The second-order valence-electron chi connectivity index (χ2n) is 3.33. The Morgan fingerprint density at radius 1 is 1.21 bits per heavy atom. The number of aliphatic hydroxyl groups is 1. The first-order valence-electron chi connectivity index (χ1n) is 4.36. The molecule has 0 fully saturated rings. The molecule has 1 unspecified atom stereocenters. The van der Waals surface area contributed by atoms with Crippen LogP contribution in [0.3, 0.4) is 0 Å². The van der Waals surface area contributed by atoms with Gasteiger partial charge in [-0.2, -0.15) is 0 Å². The molecule has 0 heterocycles. The molecule has 78 valence electrons. The van der Waals surface area contributed by atoms with E-state index in [0.29, 0.717) is 5.56 Å². The molecule has 0 saturated heterocycles. The lowest BCUT2D eigenvalue weighted by atomic mass is 9.81. The van der Waals surface area contributed by atoms with E-state index in [9.17, 15) is 12.9 Å². The Morgan fingerprint density at radius 3 is 2.07 bits per heavy atom. The maximum absolute atomic E-state index is 12.0. The average Bonchev–Trinajstić information content (AvgIpc) is 2.02. The molecule has 1 N–H and O–H groups in total. The molecule has 1 aromatic carbocycles. The van der Waals surface area contributed by atoms with Crippen LogP contribution in [0.4, 0.5) is 12.9 Å². The number of rotatable bonds is 3. The van der Waals surface area contributed by atoms with Gasteiger partial charge in [0, 0.05) is 0 Å². The van der Waals surface area contributed by atoms with Crippen molar-refractivity contribution in [2.24, 2.45) is 0 Å². The highest BCUT2D eigenvalue weighted by molar-refractivity contribution is 6.57. The van der Waals surface area contributed by atoms with Gasteiger partial charge in [0.25, 0.3) is 0 Å². The van der Waals surface area contributed by atoms with Crippen molar-refractivity contribution >= 4 is 6.98 Å². The Bertz CT molecular complexity index is 292. The van der Waals surface area contributed by atoms with Gasteiger partial charge in [-0.1, -0.05) is 36.1 Å². The molecule has 0 aliphatic rings. The standard InChI is InChI=1S/C9H11BF3O/c1-7(14)9-4-2-8(3-5-9)6-10(11,12)13/h2-5,7,14H,6H2,1H3/q-1. The molecule has 1 atom stereocenters. The van der Waals surface area contributed by atoms with E-state index >= 15 is 0 Å². The lowest BCUT2D eigenvalue weighted by Gasteiger charge is -2.14. The molecule has 1 nitrogen and oxygen atoms in total. The molecule has 0 bridgehead atoms. The van der Waals surface area contributed by atoms with Crippen LogP contribution in [-0.2, 0) is 6.32 Å². The van der Waals surface area contributed by atoms with Crippen molar-refractivity contribution in [3.05, 3.63) is 35.4 Å². The lowest BCUT2D eigenvalue weighted by Crippen LogP contribution is -2.19. The normalized spacial score (nSPS) is 14.1. The van der Waals surface area contributed by atoms with Crippen LogP contribution in [0.1, 0.15) is 24.2 Å². The topological polar surface area (TPSA) is 20.2 Å². The third-order valence-corrected chi connectivity index (χ3v) is 1.93. The van der Waals surface area contributed by atoms with E-state index in [2.05, 4.69) is 0 Å². The molecule has 0 spiro atoms. The van der Waals surface area contributed by atoms with Crippen molar-refractivity contribution in [3.63, 3.8) is 0 Å². The minimum Gasteiger partial charge on any atom is -0.449 e. The van der Waals surface area contributed by atoms with Gasteiger partial charge in [-0.25, -0.2) is 0 Å². The monoisotopic (exact) mass is 203 g/mol. The van der Waals surface area contributed by atoms with Crippen molar-refractivity contribution in [3.8, 4) is 0 Å². The van der Waals surface area contributed by atoms with Crippen molar-refractivity contribution in [2.45, 2.75) is 19.3 Å². The predicted octanol–water partition coefficient (Wildman–Crippen LogP) is 2.67. The fourth-order valence-corrected chi connectivity index (χ4v) is 1.20. The second-order valence-corrected chi connectivity index (χ2v) is 3.33. The van der Waals surface area contributed by atoms with Crippen LogP contribution in [0.15, 0.2) is 24.3 Å². The molecule has 1 aromatic rings. The van der Waals surface area contributed by atoms with Gasteiger partial charge in [0.15, 0.2) is 0 Å². The maximum Gasteiger partial charge on any atom is 0.482 e. The summed E-state index contributed by atoms with van der Waals surface area (Å²) in [4.78, 5) is 0. The number of benzene rings is 1. The third-order valence-electron chi connectivity index (χ3n) is 1.93. The summed E-state index contributed by atoms with van der Waals surface area (Å²) in [6.45, 7) is -3.20. The predicted molar refractivity (Wildman–Crippen MR) is 49.9 cm³/mol. The molecule has 0 radical (unpaired) electrons. The fourth-order valence-electron chi connectivity index (χ4n) is 1.20. The van der Waals surface area contributed by atoms with E-state index in [0.717, 1.165) is 0 Å². The van der Waals surface area contributed by atoms with Gasteiger partial charge in [0.2, 0.25) is 0 Å². The summed E-state index contributed by atoms with van der Waals surface area (Å²) in [5.74, 6) is 0. The molecular weight excluding hydrogens is 192 g/mol. The molecule has 5 heteroatoms. The van der Waals surface area contributed by atoms with Crippen molar-refractivity contribution in [1.82, 2.24) is 0 Å². The van der Waals surface area contributed by atoms with Crippen LogP contribution in [0.25, 0.3) is 0 Å². The Balaban J connectivity index is 2.74. The lowest BCUT2D eigenvalue weighted by molar-refractivity contribution is 0.199. The van der Waals surface area contributed by atoms with Gasteiger partial charge in [-0.05, 0) is 12.5 Å². The van der Waals surface area contributed by atoms with Crippen LogP contribution >= 0.6 is 0 Å². The number of halogens is 3. The average molecular weight is 203 g/mol. The molecule has 0 aliphatic heterocycles. The van der Waals surface area contributed by atoms with Crippen LogP contribution in [0.2, 0.25) is 0 Å². The Kier molecular flexibility index (Phi) is 3.21. The van der Waals surface area contributed by atoms with Gasteiger partial charge in [0.05, 0.1) is 6.10 Å². The van der Waals surface area contributed by atoms with Gasteiger partial charge in [-0.3, -0.25) is 0 Å². The van der Waals surface area contributed by atoms with Crippen LogP contribution < -0.4 is 0 Å². The summed E-state index contributed by atoms with van der Waals surface area (Å²) in [6, 6.07) is 5.83. The first-order chi connectivity index (χ1) is 6.38. The van der Waals surface area contributed by atoms with E-state index in [-0.39, 0.29) is 5.56 Å². The van der Waals surface area contributed by atoms with E-state index in [1.165, 1.54) is 24.3 Å². The quantitative estimate of drug-likeness (QED) is 0.748. The van der Waals surface area contributed by atoms with Crippen molar-refractivity contribution in [1.29, 1.82) is 0 Å². The van der Waals surface area contributed by atoms with Crippen LogP contribution in [0, 0.1) is 0 Å². The van der Waals surface area contributed by atoms with E-state index in [1.54, 1.807) is 6.92 Å². The molecule has 14 heavy (non-hydrogen) atoms. The zero-order chi connectivity index (χ0) is 10.8. The molecule has 0 amide bonds. The van der Waals surface area contributed by atoms with Gasteiger partial charge in [0.1, 0.15) is 0 Å². The van der Waals surface area contributed by atoms with Gasteiger partial charge in [-0.15, -0.1) is 0 Å². The van der Waals surface area contributed by atoms with Crippen LogP contribution in [-0.4, -0.2) is 12.1 Å². The number of aliphatic hydroxyl groups excluding tert-OH is 1. The van der Waals surface area contributed by atoms with Gasteiger partial charge >= 0.3 is 6.98 Å². The summed E-state index contributed by atoms with van der Waals surface area (Å²) in [5, 5.41) is 9.13. The molecule has 0 aliphatic carbocycles. The molecule has 0 aromatic heterocycles. The zero-order valence-electron chi connectivity index (χ0n) is 7.75.